The predicted octanol–water partition coefficient (Wildman–Crippen LogP) is 6.42. The summed E-state index contributed by atoms with van der Waals surface area (Å²) in [5.41, 5.74) is 5.89. The smallest absolute Gasteiger partial charge is 0.270 e. The number of imide groups is 1. The molecule has 292 valence electrons. The summed E-state index contributed by atoms with van der Waals surface area (Å²) in [6, 6.07) is 12.6. The number of rotatable bonds is 7. The lowest BCUT2D eigenvalue weighted by atomic mass is 9.71. The van der Waals surface area contributed by atoms with Crippen molar-refractivity contribution in [2.45, 2.75) is 77.2 Å². The summed E-state index contributed by atoms with van der Waals surface area (Å²) < 4.78 is 4.13. The van der Waals surface area contributed by atoms with Crippen LogP contribution in [0.25, 0.3) is 22.1 Å². The summed E-state index contributed by atoms with van der Waals surface area (Å²) in [5, 5.41) is 6.62. The lowest BCUT2D eigenvalue weighted by Gasteiger charge is -2.55. The molecule has 9 rings (SSSR count). The summed E-state index contributed by atoms with van der Waals surface area (Å²) in [6.07, 6.45) is 11.2. The van der Waals surface area contributed by atoms with Gasteiger partial charge in [0.25, 0.3) is 5.91 Å². The summed E-state index contributed by atoms with van der Waals surface area (Å²) in [7, 11) is 5.52. The van der Waals surface area contributed by atoms with Gasteiger partial charge in [-0.3, -0.25) is 19.7 Å². The standard InChI is InChI=1S/C39H45N11O3.C2H6.2H2/c1-46(2)37(53)31-18-24-20-41-38(45-34(24)50(31)25-6-4-5-7-25)43-32-12-9-27(21-40-32)48-16-14-39(15-17-48)22-49(23-39)26-8-11-29-30(19-26)47(3)35(42-29)28-10-13-33(51)44-36(28)52;1-2;;/h8-9,11-12,18-21,25,28H,4-7,10,13-17,22-23H2,1-3H3,(H,44,51,52)(H,40,41,43,45);1-2H3;2*1H/t28-;;;/m1.../s1. The summed E-state index contributed by atoms with van der Waals surface area (Å²) in [6.45, 7) is 7.99. The molecule has 3 amide bonds. The van der Waals surface area contributed by atoms with Gasteiger partial charge in [-0.05, 0) is 68.5 Å². The van der Waals surface area contributed by atoms with Gasteiger partial charge in [-0.2, -0.15) is 4.98 Å². The van der Waals surface area contributed by atoms with Gasteiger partial charge in [0.2, 0.25) is 17.8 Å². The maximum atomic E-state index is 13.1. The van der Waals surface area contributed by atoms with Crippen molar-refractivity contribution in [1.82, 2.24) is 39.3 Å². The molecule has 1 spiro atoms. The normalized spacial score (nSPS) is 19.7. The van der Waals surface area contributed by atoms with Crippen LogP contribution in [0.5, 0.6) is 0 Å². The first kappa shape index (κ1) is 36.4. The van der Waals surface area contributed by atoms with Gasteiger partial charge in [0.1, 0.15) is 23.0 Å². The van der Waals surface area contributed by atoms with E-state index < -0.39 is 5.92 Å². The van der Waals surface area contributed by atoms with E-state index in [1.165, 1.54) is 5.69 Å². The third kappa shape index (κ3) is 6.76. The Hall–Kier alpha value is -5.53. The number of nitrogens with zero attached hydrogens (tertiary/aromatic N) is 9. The van der Waals surface area contributed by atoms with Crippen molar-refractivity contribution in [1.29, 1.82) is 0 Å². The van der Waals surface area contributed by atoms with E-state index in [9.17, 15) is 14.4 Å². The van der Waals surface area contributed by atoms with Crippen LogP contribution in [0.1, 0.15) is 96.3 Å². The number of amides is 3. The fourth-order valence-corrected chi connectivity index (χ4v) is 8.90. The molecule has 3 saturated heterocycles. The zero-order chi connectivity index (χ0) is 38.4. The van der Waals surface area contributed by atoms with Gasteiger partial charge in [-0.15, -0.1) is 0 Å². The molecule has 4 fully saturated rings. The molecule has 4 aromatic heterocycles. The number of anilines is 4. The largest absolute Gasteiger partial charge is 0.370 e. The second-order valence-corrected chi connectivity index (χ2v) is 15.6. The number of aryl methyl sites for hydroxylation is 1. The summed E-state index contributed by atoms with van der Waals surface area (Å²) in [5.74, 6) is 0.941. The van der Waals surface area contributed by atoms with Gasteiger partial charge < -0.3 is 29.2 Å². The van der Waals surface area contributed by atoms with Crippen LogP contribution in [0.3, 0.4) is 0 Å². The van der Waals surface area contributed by atoms with Crippen molar-refractivity contribution < 1.29 is 17.2 Å². The number of hydrogen-bond acceptors (Lipinski definition) is 10. The molecule has 7 heterocycles. The average Bonchev–Trinajstić information content (AvgIpc) is 3.92. The Kier molecular flexibility index (Phi) is 9.68. The minimum absolute atomic E-state index is 0. The minimum Gasteiger partial charge on any atom is -0.370 e. The first-order valence-corrected chi connectivity index (χ1v) is 19.8. The molecule has 2 N–H and O–H groups in total. The Labute approximate surface area is 324 Å². The summed E-state index contributed by atoms with van der Waals surface area (Å²) >= 11 is 0. The van der Waals surface area contributed by atoms with Crippen LogP contribution in [-0.2, 0) is 16.6 Å². The van der Waals surface area contributed by atoms with Crippen LogP contribution in [0.2, 0.25) is 0 Å². The fraction of sp³-hybridized carbons (Fsp3) is 0.488. The van der Waals surface area contributed by atoms with E-state index in [0.717, 1.165) is 92.5 Å². The molecule has 0 bridgehead atoms. The van der Waals surface area contributed by atoms with E-state index in [1.807, 2.05) is 49.9 Å². The topological polar surface area (TPSA) is 146 Å². The number of aromatic nitrogens is 6. The molecular weight excluding hydrogens is 695 g/mol. The quantitative estimate of drug-likeness (QED) is 0.179. The zero-order valence-electron chi connectivity index (χ0n) is 32.5. The van der Waals surface area contributed by atoms with E-state index >= 15 is 0 Å². The SMILES string of the molecule is CC.CN(C)C(=O)c1cc2cnc(Nc3ccc(N4CCC5(CC4)CN(c4ccc6nc([C@H]7CCC(=O)NC7=O)n(C)c6c4)C5)cn3)nc2n1C1CCCC1.[HH].[HH]. The molecule has 0 unspecified atom stereocenters. The van der Waals surface area contributed by atoms with E-state index in [4.69, 9.17) is 15.0 Å². The molecular formula is C41H55N11O3. The number of fused-ring (bicyclic) bond motifs is 2. The van der Waals surface area contributed by atoms with E-state index in [1.54, 1.807) is 25.2 Å². The molecule has 1 saturated carbocycles. The summed E-state index contributed by atoms with van der Waals surface area (Å²) in [4.78, 5) is 62.7. The molecule has 14 nitrogen and oxygen atoms in total. The van der Waals surface area contributed by atoms with Gasteiger partial charge in [0, 0.05) is 85.3 Å². The predicted molar refractivity (Wildman–Crippen MR) is 218 cm³/mol. The highest BCUT2D eigenvalue weighted by Gasteiger charge is 2.45. The molecule has 1 aromatic carbocycles. The number of pyridine rings is 1. The van der Waals surface area contributed by atoms with E-state index in [2.05, 4.69) is 48.2 Å². The molecule has 3 aliphatic heterocycles. The Bertz CT molecular complexity index is 2250. The van der Waals surface area contributed by atoms with Crippen LogP contribution in [0, 0.1) is 5.41 Å². The minimum atomic E-state index is -0.409. The number of imidazole rings is 1. The molecule has 0 radical (unpaired) electrons. The van der Waals surface area contributed by atoms with Gasteiger partial charge in [-0.1, -0.05) is 26.7 Å². The monoisotopic (exact) mass is 749 g/mol. The van der Waals surface area contributed by atoms with E-state index in [0.29, 0.717) is 41.5 Å². The lowest BCUT2D eigenvalue weighted by Crippen LogP contribution is -2.60. The highest BCUT2D eigenvalue weighted by molar-refractivity contribution is 6.01. The molecule has 4 aliphatic rings. The van der Waals surface area contributed by atoms with Gasteiger partial charge in [0.05, 0.1) is 28.8 Å². The van der Waals surface area contributed by atoms with Crippen LogP contribution in [0.4, 0.5) is 23.1 Å². The van der Waals surface area contributed by atoms with Crippen molar-refractivity contribution in [3.05, 3.63) is 60.3 Å². The first-order valence-electron chi connectivity index (χ1n) is 19.8. The second kappa shape index (κ2) is 14.6. The highest BCUT2D eigenvalue weighted by atomic mass is 16.2. The van der Waals surface area contributed by atoms with Crippen molar-refractivity contribution >= 4 is 62.9 Å². The Morgan fingerprint density at radius 1 is 0.927 bits per heavy atom. The third-order valence-electron chi connectivity index (χ3n) is 11.9. The molecule has 14 heteroatoms. The van der Waals surface area contributed by atoms with Crippen molar-refractivity contribution in [2.75, 3.05) is 55.4 Å². The van der Waals surface area contributed by atoms with Gasteiger partial charge >= 0.3 is 0 Å². The first-order chi connectivity index (χ1) is 26.6. The van der Waals surface area contributed by atoms with Gasteiger partial charge in [0.15, 0.2) is 0 Å². The Balaban J connectivity index is 0.00000135. The molecule has 5 aromatic rings. The van der Waals surface area contributed by atoms with E-state index in [-0.39, 0.29) is 26.6 Å². The van der Waals surface area contributed by atoms with Crippen LogP contribution >= 0.6 is 0 Å². The Morgan fingerprint density at radius 2 is 1.67 bits per heavy atom. The van der Waals surface area contributed by atoms with Crippen LogP contribution in [-0.4, -0.2) is 92.0 Å². The number of nitrogens with one attached hydrogen (secondary N) is 2. The number of hydrogen-bond donors (Lipinski definition) is 2. The molecule has 1 atom stereocenters. The average molecular weight is 750 g/mol. The Morgan fingerprint density at radius 3 is 2.36 bits per heavy atom. The number of carbonyl (C=O) groups is 3. The third-order valence-corrected chi connectivity index (χ3v) is 11.9. The maximum Gasteiger partial charge on any atom is 0.270 e. The number of piperidine rings is 2. The zero-order valence-corrected chi connectivity index (χ0v) is 32.5. The number of carbonyl (C=O) groups excluding carboxylic acids is 3. The lowest BCUT2D eigenvalue weighted by molar-refractivity contribution is -0.134. The second-order valence-electron chi connectivity index (χ2n) is 15.6. The van der Waals surface area contributed by atoms with Crippen molar-refractivity contribution in [2.24, 2.45) is 12.5 Å². The molecule has 55 heavy (non-hydrogen) atoms. The van der Waals surface area contributed by atoms with Gasteiger partial charge in [-0.25, -0.2) is 15.0 Å². The van der Waals surface area contributed by atoms with Crippen molar-refractivity contribution in [3.8, 4) is 0 Å². The molecule has 1 aliphatic carbocycles. The van der Waals surface area contributed by atoms with Crippen molar-refractivity contribution in [3.63, 3.8) is 0 Å². The number of benzene rings is 1. The fourth-order valence-electron chi connectivity index (χ4n) is 8.90. The van der Waals surface area contributed by atoms with Crippen LogP contribution < -0.4 is 20.4 Å². The highest BCUT2D eigenvalue weighted by Crippen LogP contribution is 2.44. The maximum absolute atomic E-state index is 13.1. The van der Waals surface area contributed by atoms with Crippen LogP contribution in [0.15, 0.2) is 48.8 Å².